The van der Waals surface area contributed by atoms with Crippen molar-refractivity contribution in [2.24, 2.45) is 5.92 Å². The van der Waals surface area contributed by atoms with Gasteiger partial charge in [0.15, 0.2) is 0 Å². The highest BCUT2D eigenvalue weighted by Crippen LogP contribution is 2.16. The number of nitrogens with one attached hydrogen (secondary N) is 2. The van der Waals surface area contributed by atoms with Crippen molar-refractivity contribution in [2.75, 3.05) is 17.2 Å². The molecule has 0 spiro atoms. The van der Waals surface area contributed by atoms with E-state index in [4.69, 9.17) is 4.74 Å². The molecule has 0 atom stereocenters. The smallest absolute Gasteiger partial charge is 0.411 e. The predicted octanol–water partition coefficient (Wildman–Crippen LogP) is 3.50. The van der Waals surface area contributed by atoms with E-state index in [0.717, 1.165) is 12.8 Å². The van der Waals surface area contributed by atoms with Gasteiger partial charge >= 0.3 is 6.09 Å². The summed E-state index contributed by atoms with van der Waals surface area (Å²) < 4.78 is 6.37. The van der Waals surface area contributed by atoms with E-state index in [1.807, 2.05) is 20.8 Å². The fourth-order valence-electron chi connectivity index (χ4n) is 2.30. The number of anilines is 2. The molecule has 0 unspecified atom stereocenters. The minimum Gasteiger partial charge on any atom is -0.449 e. The summed E-state index contributed by atoms with van der Waals surface area (Å²) >= 11 is 0. The van der Waals surface area contributed by atoms with E-state index < -0.39 is 12.0 Å². The van der Waals surface area contributed by atoms with Gasteiger partial charge in [0.25, 0.3) is 11.5 Å². The number of aryl methyl sites for hydroxylation is 1. The summed E-state index contributed by atoms with van der Waals surface area (Å²) in [6, 6.07) is 9.42. The van der Waals surface area contributed by atoms with Crippen molar-refractivity contribution in [2.45, 2.75) is 40.2 Å². The Hall–Kier alpha value is -3.16. The maximum Gasteiger partial charge on any atom is 0.411 e. The van der Waals surface area contributed by atoms with Crippen molar-refractivity contribution in [1.82, 2.24) is 9.78 Å². The third-order valence-electron chi connectivity index (χ3n) is 3.74. The van der Waals surface area contributed by atoms with E-state index in [0.29, 0.717) is 24.5 Å². The first-order valence-electron chi connectivity index (χ1n) is 9.32. The monoisotopic (exact) mass is 386 g/mol. The van der Waals surface area contributed by atoms with Gasteiger partial charge in [-0.1, -0.05) is 33.3 Å². The second-order valence-electron chi connectivity index (χ2n) is 6.79. The Morgan fingerprint density at radius 1 is 1.14 bits per heavy atom. The molecule has 0 aliphatic rings. The van der Waals surface area contributed by atoms with Gasteiger partial charge in [0.2, 0.25) is 0 Å². The molecular formula is C20H26N4O4. The highest BCUT2D eigenvalue weighted by atomic mass is 16.5. The SMILES string of the molecule is CCCCn1nc(C(=O)Nc2cccc(NC(=O)OCC(C)C)c2)ccc1=O. The number of amides is 2. The molecule has 2 N–H and O–H groups in total. The van der Waals surface area contributed by atoms with Crippen LogP contribution in [-0.4, -0.2) is 28.4 Å². The molecule has 2 amide bonds. The summed E-state index contributed by atoms with van der Waals surface area (Å²) in [6.07, 6.45) is 1.17. The fraction of sp³-hybridized carbons (Fsp3) is 0.400. The first-order valence-corrected chi connectivity index (χ1v) is 9.32. The lowest BCUT2D eigenvalue weighted by Gasteiger charge is -2.11. The average molecular weight is 386 g/mol. The van der Waals surface area contributed by atoms with Crippen LogP contribution in [0, 0.1) is 5.92 Å². The van der Waals surface area contributed by atoms with Crippen LogP contribution in [0.5, 0.6) is 0 Å². The summed E-state index contributed by atoms with van der Waals surface area (Å²) in [5.41, 5.74) is 0.883. The van der Waals surface area contributed by atoms with Crippen LogP contribution in [0.3, 0.4) is 0 Å². The van der Waals surface area contributed by atoms with Gasteiger partial charge in [0.05, 0.1) is 6.61 Å². The molecule has 1 heterocycles. The molecule has 0 radical (unpaired) electrons. The molecule has 8 heteroatoms. The van der Waals surface area contributed by atoms with Crippen LogP contribution in [0.4, 0.5) is 16.2 Å². The van der Waals surface area contributed by atoms with Gasteiger partial charge in [-0.3, -0.25) is 14.9 Å². The van der Waals surface area contributed by atoms with Crippen LogP contribution in [0.2, 0.25) is 0 Å². The zero-order valence-electron chi connectivity index (χ0n) is 16.4. The number of benzene rings is 1. The molecule has 0 saturated heterocycles. The highest BCUT2D eigenvalue weighted by molar-refractivity contribution is 6.03. The van der Waals surface area contributed by atoms with E-state index in [1.165, 1.54) is 16.8 Å². The number of carbonyl (C=O) groups is 2. The molecule has 1 aromatic carbocycles. The van der Waals surface area contributed by atoms with E-state index in [9.17, 15) is 14.4 Å². The number of hydrogen-bond acceptors (Lipinski definition) is 5. The minimum absolute atomic E-state index is 0.144. The van der Waals surface area contributed by atoms with Gasteiger partial charge in [-0.2, -0.15) is 5.10 Å². The van der Waals surface area contributed by atoms with Crippen LogP contribution < -0.4 is 16.2 Å². The third-order valence-corrected chi connectivity index (χ3v) is 3.74. The van der Waals surface area contributed by atoms with Crippen molar-refractivity contribution in [3.63, 3.8) is 0 Å². The zero-order chi connectivity index (χ0) is 20.5. The van der Waals surface area contributed by atoms with Crippen LogP contribution in [0.15, 0.2) is 41.2 Å². The first-order chi connectivity index (χ1) is 13.4. The van der Waals surface area contributed by atoms with Crippen molar-refractivity contribution in [1.29, 1.82) is 0 Å². The number of nitrogens with zero attached hydrogens (tertiary/aromatic N) is 2. The Morgan fingerprint density at radius 2 is 1.86 bits per heavy atom. The second-order valence-corrected chi connectivity index (χ2v) is 6.79. The van der Waals surface area contributed by atoms with Crippen LogP contribution >= 0.6 is 0 Å². The molecule has 0 aliphatic carbocycles. The number of rotatable bonds is 8. The maximum atomic E-state index is 12.5. The summed E-state index contributed by atoms with van der Waals surface area (Å²) in [4.78, 5) is 36.0. The van der Waals surface area contributed by atoms with E-state index in [2.05, 4.69) is 15.7 Å². The Morgan fingerprint density at radius 3 is 2.54 bits per heavy atom. The normalized spacial score (nSPS) is 10.6. The fourth-order valence-corrected chi connectivity index (χ4v) is 2.30. The first kappa shape index (κ1) is 21.1. The molecule has 0 saturated carbocycles. The van der Waals surface area contributed by atoms with Crippen LogP contribution in [0.25, 0.3) is 0 Å². The molecule has 1 aromatic heterocycles. The molecule has 2 rings (SSSR count). The predicted molar refractivity (Wildman–Crippen MR) is 108 cm³/mol. The van der Waals surface area contributed by atoms with Crippen LogP contribution in [0.1, 0.15) is 44.1 Å². The summed E-state index contributed by atoms with van der Waals surface area (Å²) in [6.45, 7) is 6.70. The number of ether oxygens (including phenoxy) is 1. The lowest BCUT2D eigenvalue weighted by Crippen LogP contribution is -2.26. The Labute approximate surface area is 163 Å². The van der Waals surface area contributed by atoms with Gasteiger partial charge in [0.1, 0.15) is 5.69 Å². The molecule has 0 bridgehead atoms. The van der Waals surface area contributed by atoms with Gasteiger partial charge < -0.3 is 10.1 Å². The standard InChI is InChI=1S/C20H26N4O4/c1-4-5-11-24-18(25)10-9-17(23-24)19(26)21-15-7-6-8-16(12-15)22-20(27)28-13-14(2)3/h6-10,12,14H,4-5,11,13H2,1-3H3,(H,21,26)(H,22,27). The zero-order valence-corrected chi connectivity index (χ0v) is 16.4. The van der Waals surface area contributed by atoms with Crippen molar-refractivity contribution >= 4 is 23.4 Å². The number of hydrogen-bond donors (Lipinski definition) is 2. The van der Waals surface area contributed by atoms with Crippen molar-refractivity contribution < 1.29 is 14.3 Å². The number of aromatic nitrogens is 2. The third kappa shape index (κ3) is 6.53. The Kier molecular flexibility index (Phi) is 7.74. The number of carbonyl (C=O) groups excluding carboxylic acids is 2. The maximum absolute atomic E-state index is 12.5. The van der Waals surface area contributed by atoms with E-state index >= 15 is 0 Å². The molecule has 2 aromatic rings. The Balaban J connectivity index is 2.04. The van der Waals surface area contributed by atoms with Gasteiger partial charge in [-0.15, -0.1) is 0 Å². The quantitative estimate of drug-likeness (QED) is 0.723. The lowest BCUT2D eigenvalue weighted by atomic mass is 10.2. The summed E-state index contributed by atoms with van der Waals surface area (Å²) in [7, 11) is 0. The topological polar surface area (TPSA) is 102 Å². The van der Waals surface area contributed by atoms with E-state index in [1.54, 1.807) is 24.3 Å². The van der Waals surface area contributed by atoms with Crippen molar-refractivity contribution in [3.05, 3.63) is 52.4 Å². The summed E-state index contributed by atoms with van der Waals surface area (Å²) in [5, 5.41) is 9.45. The number of unbranched alkanes of at least 4 members (excludes halogenated alkanes) is 1. The molecule has 28 heavy (non-hydrogen) atoms. The lowest BCUT2D eigenvalue weighted by molar-refractivity contribution is 0.101. The minimum atomic E-state index is -0.554. The Bertz CT molecular complexity index is 877. The van der Waals surface area contributed by atoms with Gasteiger partial charge in [-0.05, 0) is 36.6 Å². The summed E-state index contributed by atoms with van der Waals surface area (Å²) in [5.74, 6) is -0.200. The largest absolute Gasteiger partial charge is 0.449 e. The molecular weight excluding hydrogens is 360 g/mol. The van der Waals surface area contributed by atoms with Gasteiger partial charge in [0, 0.05) is 24.0 Å². The molecule has 0 fully saturated rings. The molecule has 8 nitrogen and oxygen atoms in total. The second kappa shape index (κ2) is 10.2. The van der Waals surface area contributed by atoms with Gasteiger partial charge in [-0.25, -0.2) is 9.48 Å². The highest BCUT2D eigenvalue weighted by Gasteiger charge is 2.11. The average Bonchev–Trinajstić information content (AvgIpc) is 2.66. The van der Waals surface area contributed by atoms with Crippen molar-refractivity contribution in [3.8, 4) is 0 Å². The molecule has 150 valence electrons. The molecule has 0 aliphatic heterocycles. The van der Waals surface area contributed by atoms with Crippen LogP contribution in [-0.2, 0) is 11.3 Å². The van der Waals surface area contributed by atoms with E-state index in [-0.39, 0.29) is 17.2 Å².